The first-order chi connectivity index (χ1) is 12.4. The minimum absolute atomic E-state index is 0.238. The van der Waals surface area contributed by atoms with E-state index < -0.39 is 0 Å². The van der Waals surface area contributed by atoms with Gasteiger partial charge in [-0.3, -0.25) is 0 Å². The van der Waals surface area contributed by atoms with Gasteiger partial charge in [-0.1, -0.05) is 97.1 Å². The molecule has 0 saturated carbocycles. The summed E-state index contributed by atoms with van der Waals surface area (Å²) < 4.78 is 0. The Hall–Kier alpha value is -2.64. The van der Waals surface area contributed by atoms with E-state index in [2.05, 4.69) is 103 Å². The molecule has 0 amide bonds. The Morgan fingerprint density at radius 2 is 1.24 bits per heavy atom. The van der Waals surface area contributed by atoms with Gasteiger partial charge in [0.15, 0.2) is 0 Å². The van der Waals surface area contributed by atoms with Crippen molar-refractivity contribution in [3.63, 3.8) is 0 Å². The standard InChI is InChI=1S/C24H25N/c1-2-12-23(21-15-8-4-9-16-21)24(22-17-10-5-11-18-22)25-19-20-13-6-3-7-14-20/h2-11,13-18,23-25H,1,12,19H2/t23-,24-/m1/s1. The van der Waals surface area contributed by atoms with Gasteiger partial charge in [-0.05, 0) is 23.1 Å². The first-order valence-electron chi connectivity index (χ1n) is 8.86. The minimum atomic E-state index is 0.238. The van der Waals surface area contributed by atoms with E-state index in [4.69, 9.17) is 0 Å². The predicted molar refractivity (Wildman–Crippen MR) is 106 cm³/mol. The number of benzene rings is 3. The molecule has 3 aromatic carbocycles. The van der Waals surface area contributed by atoms with E-state index >= 15 is 0 Å². The smallest absolute Gasteiger partial charge is 0.0395 e. The lowest BCUT2D eigenvalue weighted by Gasteiger charge is -2.29. The molecule has 0 spiro atoms. The summed E-state index contributed by atoms with van der Waals surface area (Å²) in [5.74, 6) is 0.352. The second-order valence-corrected chi connectivity index (χ2v) is 6.30. The summed E-state index contributed by atoms with van der Waals surface area (Å²) in [7, 11) is 0. The molecule has 0 saturated heterocycles. The lowest BCUT2D eigenvalue weighted by atomic mass is 9.84. The molecule has 2 atom stereocenters. The average Bonchev–Trinajstić information content (AvgIpc) is 2.69. The van der Waals surface area contributed by atoms with Crippen LogP contribution >= 0.6 is 0 Å². The zero-order valence-electron chi connectivity index (χ0n) is 14.5. The molecule has 126 valence electrons. The molecule has 0 fully saturated rings. The first kappa shape index (κ1) is 17.2. The van der Waals surface area contributed by atoms with E-state index in [9.17, 15) is 0 Å². The lowest BCUT2D eigenvalue weighted by molar-refractivity contribution is 0.445. The van der Waals surface area contributed by atoms with Crippen LogP contribution in [-0.2, 0) is 6.54 Å². The Morgan fingerprint density at radius 1 is 0.720 bits per heavy atom. The minimum Gasteiger partial charge on any atom is -0.305 e. The van der Waals surface area contributed by atoms with Crippen molar-refractivity contribution in [2.75, 3.05) is 0 Å². The molecule has 0 aliphatic heterocycles. The van der Waals surface area contributed by atoms with Crippen molar-refractivity contribution >= 4 is 0 Å². The van der Waals surface area contributed by atoms with Crippen molar-refractivity contribution in [2.45, 2.75) is 24.9 Å². The molecule has 3 aromatic rings. The summed E-state index contributed by atoms with van der Waals surface area (Å²) in [6, 6.07) is 32.3. The van der Waals surface area contributed by atoms with E-state index in [1.54, 1.807) is 0 Å². The Kier molecular flexibility index (Phi) is 6.19. The van der Waals surface area contributed by atoms with Gasteiger partial charge in [-0.2, -0.15) is 0 Å². The van der Waals surface area contributed by atoms with E-state index in [0.717, 1.165) is 13.0 Å². The van der Waals surface area contributed by atoms with E-state index in [1.165, 1.54) is 16.7 Å². The second-order valence-electron chi connectivity index (χ2n) is 6.30. The summed E-state index contributed by atoms with van der Waals surface area (Å²) >= 11 is 0. The topological polar surface area (TPSA) is 12.0 Å². The highest BCUT2D eigenvalue weighted by Gasteiger charge is 2.23. The van der Waals surface area contributed by atoms with Crippen molar-refractivity contribution in [1.29, 1.82) is 0 Å². The van der Waals surface area contributed by atoms with Gasteiger partial charge in [-0.25, -0.2) is 0 Å². The van der Waals surface area contributed by atoms with Crippen LogP contribution in [0.15, 0.2) is 104 Å². The summed E-state index contributed by atoms with van der Waals surface area (Å²) in [6.45, 7) is 4.84. The number of hydrogen-bond acceptors (Lipinski definition) is 1. The fourth-order valence-electron chi connectivity index (χ4n) is 3.32. The summed E-state index contributed by atoms with van der Waals surface area (Å²) in [5, 5.41) is 3.79. The van der Waals surface area contributed by atoms with Gasteiger partial charge in [0, 0.05) is 18.5 Å². The fourth-order valence-corrected chi connectivity index (χ4v) is 3.32. The summed E-state index contributed by atoms with van der Waals surface area (Å²) in [6.07, 6.45) is 2.96. The highest BCUT2D eigenvalue weighted by molar-refractivity contribution is 5.29. The van der Waals surface area contributed by atoms with Crippen molar-refractivity contribution in [2.24, 2.45) is 0 Å². The first-order valence-corrected chi connectivity index (χ1v) is 8.86. The summed E-state index contributed by atoms with van der Waals surface area (Å²) in [4.78, 5) is 0. The van der Waals surface area contributed by atoms with Crippen LogP contribution in [0.4, 0.5) is 0 Å². The monoisotopic (exact) mass is 327 g/mol. The van der Waals surface area contributed by atoms with Crippen LogP contribution in [0.1, 0.15) is 35.1 Å². The molecular weight excluding hydrogens is 302 g/mol. The molecule has 0 aromatic heterocycles. The van der Waals surface area contributed by atoms with Gasteiger partial charge < -0.3 is 5.32 Å². The van der Waals surface area contributed by atoms with Crippen molar-refractivity contribution < 1.29 is 0 Å². The van der Waals surface area contributed by atoms with Crippen LogP contribution in [-0.4, -0.2) is 0 Å². The SMILES string of the molecule is C=CC[C@H](c1ccccc1)[C@H](NCc1ccccc1)c1ccccc1. The van der Waals surface area contributed by atoms with Crippen molar-refractivity contribution in [1.82, 2.24) is 5.32 Å². The van der Waals surface area contributed by atoms with Crippen LogP contribution in [0.25, 0.3) is 0 Å². The normalized spacial score (nSPS) is 13.1. The molecule has 3 rings (SSSR count). The predicted octanol–water partition coefficient (Wildman–Crippen LogP) is 5.88. The molecule has 1 N–H and O–H groups in total. The zero-order valence-corrected chi connectivity index (χ0v) is 14.5. The van der Waals surface area contributed by atoms with E-state index in [0.29, 0.717) is 5.92 Å². The third-order valence-electron chi connectivity index (χ3n) is 4.58. The molecule has 25 heavy (non-hydrogen) atoms. The molecule has 0 heterocycles. The molecule has 0 bridgehead atoms. The molecule has 1 heteroatoms. The summed E-state index contributed by atoms with van der Waals surface area (Å²) in [5.41, 5.74) is 3.96. The maximum Gasteiger partial charge on any atom is 0.0395 e. The van der Waals surface area contributed by atoms with Gasteiger partial charge in [0.05, 0.1) is 0 Å². The number of rotatable bonds is 8. The second kappa shape index (κ2) is 9.00. The molecular formula is C24H25N. The highest BCUT2D eigenvalue weighted by atomic mass is 14.9. The van der Waals surface area contributed by atoms with Crippen LogP contribution in [0.5, 0.6) is 0 Å². The highest BCUT2D eigenvalue weighted by Crippen LogP contribution is 2.34. The van der Waals surface area contributed by atoms with Gasteiger partial charge in [0.2, 0.25) is 0 Å². The maximum atomic E-state index is 3.99. The van der Waals surface area contributed by atoms with Gasteiger partial charge in [0.25, 0.3) is 0 Å². The van der Waals surface area contributed by atoms with Crippen molar-refractivity contribution in [3.8, 4) is 0 Å². The molecule has 0 unspecified atom stereocenters. The number of hydrogen-bond donors (Lipinski definition) is 1. The average molecular weight is 327 g/mol. The quantitative estimate of drug-likeness (QED) is 0.510. The molecule has 1 nitrogen and oxygen atoms in total. The van der Waals surface area contributed by atoms with Crippen LogP contribution < -0.4 is 5.32 Å². The van der Waals surface area contributed by atoms with Gasteiger partial charge >= 0.3 is 0 Å². The zero-order chi connectivity index (χ0) is 17.3. The Bertz CT molecular complexity index is 750. The van der Waals surface area contributed by atoms with Gasteiger partial charge in [0.1, 0.15) is 0 Å². The Balaban J connectivity index is 1.90. The third-order valence-corrected chi connectivity index (χ3v) is 4.58. The van der Waals surface area contributed by atoms with Crippen LogP contribution in [0.3, 0.4) is 0 Å². The van der Waals surface area contributed by atoms with E-state index in [1.807, 2.05) is 6.08 Å². The Labute approximate surface area is 151 Å². The number of nitrogens with one attached hydrogen (secondary N) is 1. The lowest BCUT2D eigenvalue weighted by Crippen LogP contribution is -2.27. The molecule has 0 aliphatic rings. The Morgan fingerprint density at radius 3 is 1.80 bits per heavy atom. The third kappa shape index (κ3) is 4.68. The maximum absolute atomic E-state index is 3.99. The molecule has 0 radical (unpaired) electrons. The fraction of sp³-hybridized carbons (Fsp3) is 0.167. The van der Waals surface area contributed by atoms with Crippen LogP contribution in [0, 0.1) is 0 Å². The van der Waals surface area contributed by atoms with Crippen LogP contribution in [0.2, 0.25) is 0 Å². The van der Waals surface area contributed by atoms with Gasteiger partial charge in [-0.15, -0.1) is 6.58 Å². The van der Waals surface area contributed by atoms with E-state index in [-0.39, 0.29) is 6.04 Å². The van der Waals surface area contributed by atoms with Crippen molar-refractivity contribution in [3.05, 3.63) is 120 Å². The number of allylic oxidation sites excluding steroid dienone is 1. The molecule has 0 aliphatic carbocycles. The largest absolute Gasteiger partial charge is 0.305 e.